The van der Waals surface area contributed by atoms with Crippen LogP contribution in [0.5, 0.6) is 0 Å². The van der Waals surface area contributed by atoms with E-state index in [1.54, 1.807) is 22.0 Å². The molecule has 2 aromatic heterocycles. The third-order valence-corrected chi connectivity index (χ3v) is 6.39. The lowest BCUT2D eigenvalue weighted by molar-refractivity contribution is -0.0367. The smallest absolute Gasteiger partial charge is 0.410 e. The van der Waals surface area contributed by atoms with Crippen molar-refractivity contribution in [3.63, 3.8) is 0 Å². The number of benzene rings is 1. The fourth-order valence-electron chi connectivity index (χ4n) is 4.48. The Balaban J connectivity index is 1.69. The van der Waals surface area contributed by atoms with Crippen molar-refractivity contribution < 1.29 is 19.1 Å². The molecule has 0 saturated carbocycles. The zero-order valence-electron chi connectivity index (χ0n) is 21.7. The molecular weight excluding hydrogens is 458 g/mol. The van der Waals surface area contributed by atoms with E-state index in [0.29, 0.717) is 25.1 Å². The van der Waals surface area contributed by atoms with Gasteiger partial charge < -0.3 is 20.1 Å². The molecule has 1 aliphatic rings. The van der Waals surface area contributed by atoms with Crippen molar-refractivity contribution in [2.45, 2.75) is 72.3 Å². The van der Waals surface area contributed by atoms with E-state index < -0.39 is 11.5 Å². The topological polar surface area (TPSA) is 113 Å². The number of pyridine rings is 1. The van der Waals surface area contributed by atoms with Gasteiger partial charge in [-0.2, -0.15) is 5.10 Å². The van der Waals surface area contributed by atoms with Crippen LogP contribution in [-0.2, 0) is 16.0 Å². The van der Waals surface area contributed by atoms with Crippen LogP contribution in [0.2, 0.25) is 0 Å². The monoisotopic (exact) mass is 493 g/mol. The summed E-state index contributed by atoms with van der Waals surface area (Å²) in [4.78, 5) is 31.0. The fourth-order valence-corrected chi connectivity index (χ4v) is 4.48. The van der Waals surface area contributed by atoms with Gasteiger partial charge in [0, 0.05) is 36.5 Å². The molecular formula is C27H35N5O4. The molecule has 3 aromatic rings. The lowest BCUT2D eigenvalue weighted by Gasteiger charge is -2.27. The van der Waals surface area contributed by atoms with Gasteiger partial charge >= 0.3 is 6.09 Å². The molecule has 1 aliphatic heterocycles. The van der Waals surface area contributed by atoms with Crippen LogP contribution >= 0.6 is 0 Å². The second-order valence-corrected chi connectivity index (χ2v) is 10.2. The fraction of sp³-hybridized carbons (Fsp3) is 0.481. The molecule has 4 rings (SSSR count). The first-order valence-corrected chi connectivity index (χ1v) is 12.4. The number of carbonyl (C=O) groups is 2. The average Bonchev–Trinajstić information content (AvgIpc) is 3.22. The zero-order chi connectivity index (χ0) is 26.0. The molecule has 2 amide bonds. The van der Waals surface area contributed by atoms with Crippen molar-refractivity contribution in [2.75, 3.05) is 13.2 Å². The molecule has 0 radical (unpaired) electrons. The summed E-state index contributed by atoms with van der Waals surface area (Å²) in [5, 5.41) is 5.21. The quantitative estimate of drug-likeness (QED) is 0.519. The number of ether oxygens (including phenoxy) is 2. The number of amides is 2. The molecule has 1 atom stereocenters. The molecule has 9 heteroatoms. The van der Waals surface area contributed by atoms with Crippen LogP contribution in [0.4, 0.5) is 4.79 Å². The molecule has 1 unspecified atom stereocenters. The number of aromatic nitrogens is 3. The normalized spacial score (nSPS) is 16.2. The van der Waals surface area contributed by atoms with Crippen LogP contribution in [0.25, 0.3) is 22.0 Å². The summed E-state index contributed by atoms with van der Waals surface area (Å²) in [7, 11) is 0. The van der Waals surface area contributed by atoms with E-state index in [1.807, 2.05) is 52.8 Å². The van der Waals surface area contributed by atoms with Gasteiger partial charge in [-0.3, -0.25) is 9.78 Å². The Bertz CT molecular complexity index is 1270. The van der Waals surface area contributed by atoms with E-state index in [-0.39, 0.29) is 18.0 Å². The highest BCUT2D eigenvalue weighted by Gasteiger charge is 2.25. The van der Waals surface area contributed by atoms with Crippen LogP contribution < -0.4 is 5.73 Å². The minimum atomic E-state index is -0.578. The first-order chi connectivity index (χ1) is 17.1. The summed E-state index contributed by atoms with van der Waals surface area (Å²) in [6, 6.07) is 5.88. The Hall–Kier alpha value is -3.46. The summed E-state index contributed by atoms with van der Waals surface area (Å²) in [5.74, 6) is -0.578. The van der Waals surface area contributed by atoms with Gasteiger partial charge in [-0.05, 0) is 82.7 Å². The highest BCUT2D eigenvalue weighted by molar-refractivity contribution is 6.05. The van der Waals surface area contributed by atoms with Crippen molar-refractivity contribution >= 4 is 22.9 Å². The number of primary amides is 1. The molecule has 0 aliphatic carbocycles. The van der Waals surface area contributed by atoms with Crippen molar-refractivity contribution in [1.82, 2.24) is 19.7 Å². The van der Waals surface area contributed by atoms with E-state index in [2.05, 4.69) is 10.1 Å². The Morgan fingerprint density at radius 1 is 1.25 bits per heavy atom. The lowest BCUT2D eigenvalue weighted by atomic mass is 9.97. The molecule has 0 spiro atoms. The van der Waals surface area contributed by atoms with E-state index in [4.69, 9.17) is 15.2 Å². The number of hydrogen-bond donors (Lipinski definition) is 1. The summed E-state index contributed by atoms with van der Waals surface area (Å²) in [6.45, 7) is 11.0. The van der Waals surface area contributed by atoms with E-state index >= 15 is 0 Å². The Morgan fingerprint density at radius 3 is 2.67 bits per heavy atom. The molecule has 1 aromatic carbocycles. The van der Waals surface area contributed by atoms with Gasteiger partial charge in [0.05, 0.1) is 12.1 Å². The summed E-state index contributed by atoms with van der Waals surface area (Å²) in [5.41, 5.74) is 9.87. The molecule has 1 saturated heterocycles. The molecule has 9 nitrogen and oxygen atoms in total. The van der Waals surface area contributed by atoms with Crippen LogP contribution in [0.1, 0.15) is 74.8 Å². The highest BCUT2D eigenvalue weighted by atomic mass is 16.6. The van der Waals surface area contributed by atoms with Gasteiger partial charge in [0.25, 0.3) is 5.91 Å². The maximum Gasteiger partial charge on any atom is 0.410 e. The molecule has 3 heterocycles. The Labute approximate surface area is 211 Å². The maximum absolute atomic E-state index is 12.7. The first-order valence-electron chi connectivity index (χ1n) is 12.4. The third-order valence-electron chi connectivity index (χ3n) is 6.39. The average molecular weight is 494 g/mol. The number of hydrogen-bond acceptors (Lipinski definition) is 6. The van der Waals surface area contributed by atoms with E-state index in [9.17, 15) is 9.59 Å². The number of rotatable bonds is 6. The standard InChI is InChI=1S/C27H35N5O4/c1-6-31(26(34)36-27(3,4)5)16-19-14-29-15-21(17(19)2)18-10-11-22-20(13-18)24(25(28)33)30-32(22)23-9-7-8-12-35-23/h10-11,13-15,23H,6-9,12,16H2,1-5H3,(H2,28,33). The van der Waals surface area contributed by atoms with Gasteiger partial charge in [0.1, 0.15) is 5.60 Å². The zero-order valence-corrected chi connectivity index (χ0v) is 21.7. The summed E-state index contributed by atoms with van der Waals surface area (Å²) in [6.07, 6.45) is 5.91. The second kappa shape index (κ2) is 10.3. The maximum atomic E-state index is 12.7. The van der Waals surface area contributed by atoms with E-state index in [1.165, 1.54) is 0 Å². The number of fused-ring (bicyclic) bond motifs is 1. The van der Waals surface area contributed by atoms with Gasteiger partial charge in [-0.1, -0.05) is 6.07 Å². The van der Waals surface area contributed by atoms with Gasteiger partial charge in [-0.15, -0.1) is 0 Å². The minimum absolute atomic E-state index is 0.209. The largest absolute Gasteiger partial charge is 0.444 e. The summed E-state index contributed by atoms with van der Waals surface area (Å²) < 4.78 is 13.2. The number of nitrogens with zero attached hydrogens (tertiary/aromatic N) is 4. The van der Waals surface area contributed by atoms with Crippen LogP contribution in [0, 0.1) is 6.92 Å². The highest BCUT2D eigenvalue weighted by Crippen LogP contribution is 2.33. The van der Waals surface area contributed by atoms with Gasteiger partial charge in [0.15, 0.2) is 11.9 Å². The van der Waals surface area contributed by atoms with Crippen LogP contribution in [0.3, 0.4) is 0 Å². The SMILES string of the molecule is CCN(Cc1cncc(-c2ccc3c(c2)c(C(N)=O)nn3C2CCCCO2)c1C)C(=O)OC(C)(C)C. The van der Waals surface area contributed by atoms with Crippen molar-refractivity contribution in [3.8, 4) is 11.1 Å². The number of carbonyl (C=O) groups excluding carboxylic acids is 2. The first kappa shape index (κ1) is 25.6. The Morgan fingerprint density at radius 2 is 2.03 bits per heavy atom. The Kier molecular flexibility index (Phi) is 7.31. The van der Waals surface area contributed by atoms with Crippen LogP contribution in [-0.4, -0.2) is 50.4 Å². The van der Waals surface area contributed by atoms with Crippen molar-refractivity contribution in [1.29, 1.82) is 0 Å². The third kappa shape index (κ3) is 5.36. The minimum Gasteiger partial charge on any atom is -0.444 e. The molecule has 1 fully saturated rings. The number of nitrogens with two attached hydrogens (primary N) is 1. The van der Waals surface area contributed by atoms with Gasteiger partial charge in [0.2, 0.25) is 0 Å². The molecule has 36 heavy (non-hydrogen) atoms. The molecule has 2 N–H and O–H groups in total. The van der Waals surface area contributed by atoms with Crippen molar-refractivity contribution in [3.05, 3.63) is 47.4 Å². The van der Waals surface area contributed by atoms with E-state index in [0.717, 1.165) is 47.0 Å². The summed E-state index contributed by atoms with van der Waals surface area (Å²) >= 11 is 0. The van der Waals surface area contributed by atoms with Crippen LogP contribution in [0.15, 0.2) is 30.6 Å². The van der Waals surface area contributed by atoms with Gasteiger partial charge in [-0.25, -0.2) is 9.48 Å². The second-order valence-electron chi connectivity index (χ2n) is 10.2. The predicted octanol–water partition coefficient (Wildman–Crippen LogP) is 4.96. The molecule has 192 valence electrons. The lowest BCUT2D eigenvalue weighted by Crippen LogP contribution is -2.36. The molecule has 0 bridgehead atoms. The van der Waals surface area contributed by atoms with Crippen molar-refractivity contribution in [2.24, 2.45) is 5.73 Å². The predicted molar refractivity (Wildman–Crippen MR) is 137 cm³/mol.